The number of rotatable bonds is 6. The molecule has 0 N–H and O–H groups in total. The molecule has 98 valence electrons. The van der Waals surface area contributed by atoms with E-state index in [2.05, 4.69) is 0 Å². The summed E-state index contributed by atoms with van der Waals surface area (Å²) in [4.78, 5) is 12.3. The van der Waals surface area contributed by atoms with Gasteiger partial charge in [0.2, 0.25) is 0 Å². The lowest BCUT2D eigenvalue weighted by Gasteiger charge is -2.18. The second-order valence-corrected chi connectivity index (χ2v) is 5.32. The van der Waals surface area contributed by atoms with Gasteiger partial charge in [0.15, 0.2) is 11.5 Å². The highest BCUT2D eigenvalue weighted by Crippen LogP contribution is 2.34. The predicted molar refractivity (Wildman–Crippen MR) is 72.7 cm³/mol. The largest absolute Gasteiger partial charge is 0.486 e. The van der Waals surface area contributed by atoms with Crippen LogP contribution in [0.3, 0.4) is 0 Å². The Kier molecular flexibility index (Phi) is 4.93. The molecular formula is C14H18O3S. The number of hydrogen-bond acceptors (Lipinski definition) is 4. The van der Waals surface area contributed by atoms with E-state index in [1.807, 2.05) is 25.1 Å². The van der Waals surface area contributed by atoms with E-state index >= 15 is 0 Å². The monoisotopic (exact) mass is 266 g/mol. The minimum atomic E-state index is 0.345. The Hall–Kier alpha value is -1.16. The summed E-state index contributed by atoms with van der Waals surface area (Å²) in [6, 6.07) is 6.01. The van der Waals surface area contributed by atoms with E-state index in [9.17, 15) is 4.79 Å². The summed E-state index contributed by atoms with van der Waals surface area (Å²) in [5, 5.41) is 0. The van der Waals surface area contributed by atoms with Gasteiger partial charge in [0.1, 0.15) is 19.0 Å². The highest BCUT2D eigenvalue weighted by Gasteiger charge is 2.11. The summed E-state index contributed by atoms with van der Waals surface area (Å²) in [7, 11) is 0. The molecule has 1 aliphatic rings. The molecular weight excluding hydrogens is 248 g/mol. The van der Waals surface area contributed by atoms with Crippen LogP contribution in [-0.2, 0) is 4.79 Å². The van der Waals surface area contributed by atoms with Crippen LogP contribution in [0.25, 0.3) is 0 Å². The number of Topliss-reactive ketones (excluding diaryl/α,β-unsaturated/α-hetero) is 1. The van der Waals surface area contributed by atoms with Crippen molar-refractivity contribution in [1.82, 2.24) is 0 Å². The van der Waals surface area contributed by atoms with Gasteiger partial charge in [-0.05, 0) is 30.4 Å². The molecule has 0 aliphatic carbocycles. The van der Waals surface area contributed by atoms with Gasteiger partial charge >= 0.3 is 0 Å². The third-order valence-electron chi connectivity index (χ3n) is 2.78. The van der Waals surface area contributed by atoms with Gasteiger partial charge in [0, 0.05) is 17.7 Å². The molecule has 0 spiro atoms. The Balaban J connectivity index is 1.81. The van der Waals surface area contributed by atoms with Gasteiger partial charge in [0.25, 0.3) is 0 Å². The van der Waals surface area contributed by atoms with Crippen LogP contribution in [0, 0.1) is 0 Å². The smallest absolute Gasteiger partial charge is 0.162 e. The number of carbonyl (C=O) groups is 1. The van der Waals surface area contributed by atoms with Crippen molar-refractivity contribution in [3.63, 3.8) is 0 Å². The van der Waals surface area contributed by atoms with Gasteiger partial charge in [0.05, 0.1) is 0 Å². The third-order valence-corrected chi connectivity index (χ3v) is 3.86. The van der Waals surface area contributed by atoms with Crippen molar-refractivity contribution in [2.24, 2.45) is 0 Å². The van der Waals surface area contributed by atoms with Gasteiger partial charge in [-0.1, -0.05) is 6.92 Å². The molecule has 0 amide bonds. The zero-order valence-corrected chi connectivity index (χ0v) is 11.4. The number of fused-ring (bicyclic) bond motifs is 1. The van der Waals surface area contributed by atoms with Crippen molar-refractivity contribution in [3.8, 4) is 11.5 Å². The maximum atomic E-state index is 11.2. The van der Waals surface area contributed by atoms with Crippen LogP contribution in [0.2, 0.25) is 0 Å². The SMILES string of the molecule is CCC(=O)CCCSc1ccc2c(c1)OCCO2. The van der Waals surface area contributed by atoms with Crippen molar-refractivity contribution < 1.29 is 14.3 Å². The van der Waals surface area contributed by atoms with Crippen molar-refractivity contribution >= 4 is 17.5 Å². The van der Waals surface area contributed by atoms with Crippen LogP contribution in [0.1, 0.15) is 26.2 Å². The quantitative estimate of drug-likeness (QED) is 0.584. The fourth-order valence-corrected chi connectivity index (χ4v) is 2.63. The van der Waals surface area contributed by atoms with Crippen molar-refractivity contribution in [2.75, 3.05) is 19.0 Å². The maximum Gasteiger partial charge on any atom is 0.162 e. The van der Waals surface area contributed by atoms with E-state index < -0.39 is 0 Å². The van der Waals surface area contributed by atoms with Gasteiger partial charge in [-0.25, -0.2) is 0 Å². The normalized spacial score (nSPS) is 13.4. The standard InChI is InChI=1S/C14H18O3S/c1-2-11(15)4-3-9-18-12-5-6-13-14(10-12)17-8-7-16-13/h5-6,10H,2-4,7-9H2,1H3. The Morgan fingerprint density at radius 3 is 2.83 bits per heavy atom. The summed E-state index contributed by atoms with van der Waals surface area (Å²) in [6.45, 7) is 3.15. The summed E-state index contributed by atoms with van der Waals surface area (Å²) in [6.07, 6.45) is 2.27. The molecule has 1 aromatic carbocycles. The lowest BCUT2D eigenvalue weighted by atomic mass is 10.2. The maximum absolute atomic E-state index is 11.2. The fourth-order valence-electron chi connectivity index (χ4n) is 1.75. The first-order valence-electron chi connectivity index (χ1n) is 6.33. The molecule has 3 nitrogen and oxygen atoms in total. The minimum absolute atomic E-state index is 0.345. The van der Waals surface area contributed by atoms with Crippen molar-refractivity contribution in [3.05, 3.63) is 18.2 Å². The Morgan fingerprint density at radius 2 is 2.06 bits per heavy atom. The van der Waals surface area contributed by atoms with Crippen molar-refractivity contribution in [1.29, 1.82) is 0 Å². The van der Waals surface area contributed by atoms with E-state index in [0.717, 1.165) is 23.7 Å². The number of benzene rings is 1. The molecule has 0 unspecified atom stereocenters. The molecule has 1 aliphatic heterocycles. The molecule has 4 heteroatoms. The lowest BCUT2D eigenvalue weighted by Crippen LogP contribution is -2.15. The Morgan fingerprint density at radius 1 is 1.28 bits per heavy atom. The highest BCUT2D eigenvalue weighted by atomic mass is 32.2. The van der Waals surface area contributed by atoms with E-state index in [-0.39, 0.29) is 0 Å². The van der Waals surface area contributed by atoms with E-state index in [1.165, 1.54) is 4.90 Å². The van der Waals surface area contributed by atoms with E-state index in [0.29, 0.717) is 31.8 Å². The molecule has 1 aromatic rings. The van der Waals surface area contributed by atoms with Crippen LogP contribution in [-0.4, -0.2) is 24.7 Å². The average Bonchev–Trinajstić information content (AvgIpc) is 2.43. The number of thioether (sulfide) groups is 1. The number of ketones is 1. The zero-order chi connectivity index (χ0) is 12.8. The summed E-state index contributed by atoms with van der Waals surface area (Å²) in [5.74, 6) is 2.96. The second-order valence-electron chi connectivity index (χ2n) is 4.15. The Labute approximate surface area is 112 Å². The molecule has 0 saturated carbocycles. The Bertz CT molecular complexity index is 418. The topological polar surface area (TPSA) is 35.5 Å². The molecule has 2 rings (SSSR count). The molecule has 0 bridgehead atoms. The molecule has 18 heavy (non-hydrogen) atoms. The first-order valence-corrected chi connectivity index (χ1v) is 7.32. The van der Waals surface area contributed by atoms with E-state index in [4.69, 9.17) is 9.47 Å². The number of hydrogen-bond donors (Lipinski definition) is 0. The third kappa shape index (κ3) is 3.67. The van der Waals surface area contributed by atoms with Crippen LogP contribution in [0.5, 0.6) is 11.5 Å². The molecule has 0 fully saturated rings. The lowest BCUT2D eigenvalue weighted by molar-refractivity contribution is -0.118. The van der Waals surface area contributed by atoms with Gasteiger partial charge < -0.3 is 9.47 Å². The molecule has 0 aromatic heterocycles. The molecule has 0 saturated heterocycles. The second kappa shape index (κ2) is 6.69. The summed E-state index contributed by atoms with van der Waals surface area (Å²) < 4.78 is 11.0. The molecule has 0 radical (unpaired) electrons. The van der Waals surface area contributed by atoms with Gasteiger partial charge in [-0.15, -0.1) is 11.8 Å². The number of carbonyl (C=O) groups excluding carboxylic acids is 1. The fraction of sp³-hybridized carbons (Fsp3) is 0.500. The van der Waals surface area contributed by atoms with Crippen LogP contribution in [0.15, 0.2) is 23.1 Å². The summed E-state index contributed by atoms with van der Waals surface area (Å²) >= 11 is 1.76. The summed E-state index contributed by atoms with van der Waals surface area (Å²) in [5.41, 5.74) is 0. The van der Waals surface area contributed by atoms with Crippen molar-refractivity contribution in [2.45, 2.75) is 31.1 Å². The highest BCUT2D eigenvalue weighted by molar-refractivity contribution is 7.99. The van der Waals surface area contributed by atoms with Crippen LogP contribution >= 0.6 is 11.8 Å². The average molecular weight is 266 g/mol. The van der Waals surface area contributed by atoms with Crippen LogP contribution < -0.4 is 9.47 Å². The molecule has 0 atom stereocenters. The molecule has 1 heterocycles. The van der Waals surface area contributed by atoms with Gasteiger partial charge in [-0.3, -0.25) is 4.79 Å². The van der Waals surface area contributed by atoms with Crippen LogP contribution in [0.4, 0.5) is 0 Å². The first-order chi connectivity index (χ1) is 8.79. The van der Waals surface area contributed by atoms with Gasteiger partial charge in [-0.2, -0.15) is 0 Å². The minimum Gasteiger partial charge on any atom is -0.486 e. The van der Waals surface area contributed by atoms with E-state index in [1.54, 1.807) is 11.8 Å². The first kappa shape index (κ1) is 13.3. The zero-order valence-electron chi connectivity index (χ0n) is 10.6. The number of ether oxygens (including phenoxy) is 2. The predicted octanol–water partition coefficient (Wildman–Crippen LogP) is 3.31.